The van der Waals surface area contributed by atoms with Crippen LogP contribution in [0.4, 0.5) is 0 Å². The van der Waals surface area contributed by atoms with Gasteiger partial charge >= 0.3 is 0 Å². The van der Waals surface area contributed by atoms with Crippen LogP contribution < -0.4 is 0 Å². The van der Waals surface area contributed by atoms with Crippen LogP contribution in [0.15, 0.2) is 55.4 Å². The first-order chi connectivity index (χ1) is 6.43. The molecule has 0 aliphatic heterocycles. The Kier molecular flexibility index (Phi) is 4.11. The van der Waals surface area contributed by atoms with E-state index in [2.05, 4.69) is 16.8 Å². The topological polar surface area (TPSA) is 28.7 Å². The number of benzene rings is 1. The van der Waals surface area contributed by atoms with E-state index in [1.54, 1.807) is 12.4 Å². The summed E-state index contributed by atoms with van der Waals surface area (Å²) in [6.07, 6.45) is 5.29. The Morgan fingerprint density at radius 3 is 2.23 bits per heavy atom. The van der Waals surface area contributed by atoms with E-state index in [4.69, 9.17) is 0 Å². The van der Waals surface area contributed by atoms with E-state index in [1.807, 2.05) is 42.5 Å². The smallest absolute Gasteiger partial charge is 0.0487 e. The van der Waals surface area contributed by atoms with Gasteiger partial charge in [0.2, 0.25) is 0 Å². The van der Waals surface area contributed by atoms with Gasteiger partial charge in [-0.25, -0.2) is 0 Å². The Hall–Kier alpha value is -1.83. The third-order valence-corrected chi connectivity index (χ3v) is 1.44. The lowest BCUT2D eigenvalue weighted by Crippen LogP contribution is -1.63. The molecule has 1 N–H and O–H groups in total. The predicted molar refractivity (Wildman–Crippen MR) is 55.1 cm³/mol. The number of nitrogens with zero attached hydrogens (tertiary/aromatic N) is 1. The molecule has 0 atom stereocenters. The van der Waals surface area contributed by atoms with E-state index in [-0.39, 0.29) is 0 Å². The molecule has 0 fully saturated rings. The molecule has 0 radical (unpaired) electrons. The van der Waals surface area contributed by atoms with Crippen LogP contribution >= 0.6 is 0 Å². The van der Waals surface area contributed by atoms with E-state index in [9.17, 15) is 0 Å². The molecule has 0 bridgehead atoms. The molecule has 0 aliphatic rings. The number of aromatic nitrogens is 2. The zero-order valence-electron chi connectivity index (χ0n) is 7.35. The van der Waals surface area contributed by atoms with Crippen molar-refractivity contribution < 1.29 is 0 Å². The van der Waals surface area contributed by atoms with Crippen LogP contribution in [0.1, 0.15) is 5.56 Å². The summed E-state index contributed by atoms with van der Waals surface area (Å²) in [4.78, 5) is 0. The molecule has 0 unspecified atom stereocenters. The summed E-state index contributed by atoms with van der Waals surface area (Å²) in [6.45, 7) is 3.63. The summed E-state index contributed by atoms with van der Waals surface area (Å²) < 4.78 is 0. The van der Waals surface area contributed by atoms with Gasteiger partial charge in [0.05, 0.1) is 0 Å². The van der Waals surface area contributed by atoms with Gasteiger partial charge in [-0.05, 0) is 11.6 Å². The van der Waals surface area contributed by atoms with E-state index < -0.39 is 0 Å². The average Bonchev–Trinajstić information content (AvgIpc) is 2.77. The quantitative estimate of drug-likeness (QED) is 0.704. The Morgan fingerprint density at radius 1 is 1.15 bits per heavy atom. The van der Waals surface area contributed by atoms with E-state index in [0.29, 0.717) is 0 Å². The van der Waals surface area contributed by atoms with Crippen LogP contribution in [0.3, 0.4) is 0 Å². The highest BCUT2D eigenvalue weighted by Gasteiger charge is 1.75. The normalized spacial score (nSPS) is 8.31. The van der Waals surface area contributed by atoms with Gasteiger partial charge in [0, 0.05) is 12.4 Å². The zero-order valence-corrected chi connectivity index (χ0v) is 7.35. The lowest BCUT2D eigenvalue weighted by molar-refractivity contribution is 1.09. The van der Waals surface area contributed by atoms with Crippen LogP contribution in [0.5, 0.6) is 0 Å². The van der Waals surface area contributed by atoms with Gasteiger partial charge in [0.1, 0.15) is 0 Å². The third kappa shape index (κ3) is 3.91. The number of nitrogens with one attached hydrogen (secondary N) is 1. The summed E-state index contributed by atoms with van der Waals surface area (Å²) in [6, 6.07) is 11.9. The Balaban J connectivity index is 0.000000145. The molecule has 13 heavy (non-hydrogen) atoms. The van der Waals surface area contributed by atoms with E-state index in [0.717, 1.165) is 0 Å². The molecule has 2 rings (SSSR count). The fourth-order valence-corrected chi connectivity index (χ4v) is 0.804. The maximum atomic E-state index is 3.63. The number of rotatable bonds is 1. The van der Waals surface area contributed by atoms with Crippen molar-refractivity contribution in [1.29, 1.82) is 0 Å². The van der Waals surface area contributed by atoms with Crippen molar-refractivity contribution in [1.82, 2.24) is 10.2 Å². The minimum Gasteiger partial charge on any atom is -0.286 e. The van der Waals surface area contributed by atoms with Gasteiger partial charge in [0.25, 0.3) is 0 Å². The summed E-state index contributed by atoms with van der Waals surface area (Å²) in [5, 5.41) is 6.21. The number of H-pyrrole nitrogens is 1. The van der Waals surface area contributed by atoms with Crippen LogP contribution in [0.25, 0.3) is 6.08 Å². The molecular weight excluding hydrogens is 160 g/mol. The van der Waals surface area contributed by atoms with Gasteiger partial charge in [-0.3, -0.25) is 5.10 Å². The molecule has 1 aromatic heterocycles. The Morgan fingerprint density at radius 2 is 1.92 bits per heavy atom. The second kappa shape index (κ2) is 5.77. The molecule has 0 saturated carbocycles. The van der Waals surface area contributed by atoms with Crippen molar-refractivity contribution >= 4 is 6.08 Å². The molecule has 0 amide bonds. The van der Waals surface area contributed by atoms with Crippen LogP contribution in [-0.2, 0) is 0 Å². The monoisotopic (exact) mass is 172 g/mol. The zero-order chi connectivity index (χ0) is 9.36. The van der Waals surface area contributed by atoms with Crippen LogP contribution in [0, 0.1) is 0 Å². The van der Waals surface area contributed by atoms with Crippen LogP contribution in [0.2, 0.25) is 0 Å². The molecular formula is C11H12N2. The molecule has 0 saturated heterocycles. The first-order valence-electron chi connectivity index (χ1n) is 4.04. The van der Waals surface area contributed by atoms with Crippen molar-refractivity contribution in [2.45, 2.75) is 0 Å². The maximum Gasteiger partial charge on any atom is 0.0487 e. The van der Waals surface area contributed by atoms with E-state index >= 15 is 0 Å². The number of hydrogen-bond donors (Lipinski definition) is 1. The first-order valence-corrected chi connectivity index (χ1v) is 4.04. The summed E-state index contributed by atoms with van der Waals surface area (Å²) in [7, 11) is 0. The molecule has 1 heterocycles. The SMILES string of the molecule is C=Cc1ccccc1.c1cn[nH]c1. The molecule has 66 valence electrons. The van der Waals surface area contributed by atoms with Crippen molar-refractivity contribution in [3.63, 3.8) is 0 Å². The first kappa shape index (κ1) is 9.26. The fourth-order valence-electron chi connectivity index (χ4n) is 0.804. The van der Waals surface area contributed by atoms with Crippen molar-refractivity contribution in [3.8, 4) is 0 Å². The van der Waals surface area contributed by atoms with Crippen molar-refractivity contribution in [2.24, 2.45) is 0 Å². The van der Waals surface area contributed by atoms with Crippen molar-refractivity contribution in [2.75, 3.05) is 0 Å². The fraction of sp³-hybridized carbons (Fsp3) is 0. The molecule has 2 heteroatoms. The Labute approximate surface area is 77.9 Å². The second-order valence-corrected chi connectivity index (χ2v) is 2.38. The molecule has 1 aromatic carbocycles. The van der Waals surface area contributed by atoms with Crippen molar-refractivity contribution in [3.05, 3.63) is 60.9 Å². The van der Waals surface area contributed by atoms with Gasteiger partial charge in [-0.1, -0.05) is 43.0 Å². The summed E-state index contributed by atoms with van der Waals surface area (Å²) >= 11 is 0. The number of aromatic amines is 1. The second-order valence-electron chi connectivity index (χ2n) is 2.38. The molecule has 0 spiro atoms. The molecule has 0 aliphatic carbocycles. The van der Waals surface area contributed by atoms with Gasteiger partial charge < -0.3 is 0 Å². The van der Waals surface area contributed by atoms with Gasteiger partial charge in [-0.15, -0.1) is 0 Å². The molecule has 2 aromatic rings. The highest BCUT2D eigenvalue weighted by atomic mass is 15.1. The minimum atomic E-state index is 1.17. The lowest BCUT2D eigenvalue weighted by Gasteiger charge is -1.85. The van der Waals surface area contributed by atoms with E-state index in [1.165, 1.54) is 5.56 Å². The summed E-state index contributed by atoms with van der Waals surface area (Å²) in [5.41, 5.74) is 1.17. The Bertz CT molecular complexity index is 294. The standard InChI is InChI=1S/C8H8.C3H4N2/c1-2-8-6-4-3-5-7-8;1-2-4-5-3-1/h2-7H,1H2;1-3H,(H,4,5). The maximum absolute atomic E-state index is 3.63. The summed E-state index contributed by atoms with van der Waals surface area (Å²) in [5.74, 6) is 0. The highest BCUT2D eigenvalue weighted by molar-refractivity contribution is 5.45. The lowest BCUT2D eigenvalue weighted by atomic mass is 10.2. The minimum absolute atomic E-state index is 1.17. The predicted octanol–water partition coefficient (Wildman–Crippen LogP) is 2.74. The largest absolute Gasteiger partial charge is 0.286 e. The van der Waals surface area contributed by atoms with Gasteiger partial charge in [-0.2, -0.15) is 5.10 Å². The third-order valence-electron chi connectivity index (χ3n) is 1.44. The molecule has 2 nitrogen and oxygen atoms in total. The van der Waals surface area contributed by atoms with Crippen LogP contribution in [-0.4, -0.2) is 10.2 Å². The van der Waals surface area contributed by atoms with Gasteiger partial charge in [0.15, 0.2) is 0 Å². The average molecular weight is 172 g/mol. The number of hydrogen-bond acceptors (Lipinski definition) is 1. The highest BCUT2D eigenvalue weighted by Crippen LogP contribution is 1.97.